The van der Waals surface area contributed by atoms with Crippen molar-refractivity contribution in [3.05, 3.63) is 23.8 Å². The van der Waals surface area contributed by atoms with Crippen LogP contribution in [0.4, 0.5) is 0 Å². The van der Waals surface area contributed by atoms with Gasteiger partial charge in [0, 0.05) is 22.4 Å². The molecule has 0 saturated heterocycles. The predicted octanol–water partition coefficient (Wildman–Crippen LogP) is 3.06. The third-order valence-electron chi connectivity index (χ3n) is 2.68. The SMILES string of the molecule is C1=CCC(C2CCCC2)=C1.[Nb]. The molecule has 0 aromatic carbocycles. The Morgan fingerprint density at radius 3 is 2.45 bits per heavy atom. The summed E-state index contributed by atoms with van der Waals surface area (Å²) in [5.74, 6) is 0.954. The Balaban J connectivity index is 0.000000605. The molecule has 0 amide bonds. The van der Waals surface area contributed by atoms with Crippen molar-refractivity contribution in [2.45, 2.75) is 32.1 Å². The number of hydrogen-bond donors (Lipinski definition) is 0. The average molecular weight is 227 g/mol. The molecule has 2 aliphatic rings. The van der Waals surface area contributed by atoms with Crippen LogP contribution < -0.4 is 0 Å². The zero-order valence-electron chi connectivity index (χ0n) is 6.79. The molecule has 0 aromatic heterocycles. The topological polar surface area (TPSA) is 0 Å². The maximum Gasteiger partial charge on any atom is 0 e. The molecule has 0 nitrogen and oxygen atoms in total. The van der Waals surface area contributed by atoms with Gasteiger partial charge < -0.3 is 0 Å². The molecule has 59 valence electrons. The summed E-state index contributed by atoms with van der Waals surface area (Å²) in [7, 11) is 0. The second-order valence-electron chi connectivity index (χ2n) is 3.36. The summed E-state index contributed by atoms with van der Waals surface area (Å²) in [6, 6.07) is 0. The first kappa shape index (κ1) is 9.31. The van der Waals surface area contributed by atoms with E-state index in [0.29, 0.717) is 0 Å². The van der Waals surface area contributed by atoms with Gasteiger partial charge in [-0.1, -0.05) is 36.6 Å². The van der Waals surface area contributed by atoms with Gasteiger partial charge >= 0.3 is 0 Å². The van der Waals surface area contributed by atoms with Gasteiger partial charge in [0.2, 0.25) is 0 Å². The molecule has 0 bridgehead atoms. The van der Waals surface area contributed by atoms with E-state index in [0.717, 1.165) is 5.92 Å². The minimum atomic E-state index is 0. The van der Waals surface area contributed by atoms with Crippen LogP contribution in [0.2, 0.25) is 0 Å². The third-order valence-corrected chi connectivity index (χ3v) is 2.68. The van der Waals surface area contributed by atoms with Gasteiger partial charge in [-0.3, -0.25) is 0 Å². The standard InChI is InChI=1S/C10H14.Nb/c1-2-6-9(5-1)10-7-3-4-8-10;/h1-2,5,10H,3-4,6-8H2;. The first-order chi connectivity index (χ1) is 4.97. The molecule has 1 heteroatoms. The van der Waals surface area contributed by atoms with E-state index in [1.54, 1.807) is 5.57 Å². The van der Waals surface area contributed by atoms with Gasteiger partial charge in [-0.2, -0.15) is 0 Å². The number of rotatable bonds is 1. The normalized spacial score (nSPS) is 23.5. The molecular weight excluding hydrogens is 213 g/mol. The molecule has 0 atom stereocenters. The Labute approximate surface area is 84.3 Å². The van der Waals surface area contributed by atoms with E-state index in [1.807, 2.05) is 0 Å². The van der Waals surface area contributed by atoms with Gasteiger partial charge in [-0.25, -0.2) is 0 Å². The number of allylic oxidation sites excluding steroid dienone is 4. The van der Waals surface area contributed by atoms with E-state index in [9.17, 15) is 0 Å². The molecule has 0 heterocycles. The fourth-order valence-electron chi connectivity index (χ4n) is 2.06. The van der Waals surface area contributed by atoms with Gasteiger partial charge in [-0.05, 0) is 25.2 Å². The summed E-state index contributed by atoms with van der Waals surface area (Å²) < 4.78 is 0. The minimum absolute atomic E-state index is 0. The van der Waals surface area contributed by atoms with Crippen LogP contribution >= 0.6 is 0 Å². The molecular formula is C10H14Nb. The van der Waals surface area contributed by atoms with Gasteiger partial charge in [0.15, 0.2) is 0 Å². The van der Waals surface area contributed by atoms with E-state index in [4.69, 9.17) is 0 Å². The van der Waals surface area contributed by atoms with E-state index in [1.165, 1.54) is 32.1 Å². The van der Waals surface area contributed by atoms with E-state index in [-0.39, 0.29) is 22.4 Å². The molecule has 0 aliphatic heterocycles. The molecule has 2 rings (SSSR count). The zero-order chi connectivity index (χ0) is 6.81. The van der Waals surface area contributed by atoms with Gasteiger partial charge in [0.1, 0.15) is 0 Å². The summed E-state index contributed by atoms with van der Waals surface area (Å²) >= 11 is 0. The molecule has 1 saturated carbocycles. The first-order valence-corrected chi connectivity index (χ1v) is 4.32. The fraction of sp³-hybridized carbons (Fsp3) is 0.600. The summed E-state index contributed by atoms with van der Waals surface area (Å²) in [6.07, 6.45) is 13.9. The maximum absolute atomic E-state index is 2.32. The molecule has 0 aromatic rings. The van der Waals surface area contributed by atoms with Crippen LogP contribution in [-0.4, -0.2) is 0 Å². The molecule has 1 radical (unpaired) electrons. The quantitative estimate of drug-likeness (QED) is 0.604. The van der Waals surface area contributed by atoms with Gasteiger partial charge in [-0.15, -0.1) is 0 Å². The van der Waals surface area contributed by atoms with Crippen LogP contribution in [0, 0.1) is 5.92 Å². The predicted molar refractivity (Wildman–Crippen MR) is 43.8 cm³/mol. The van der Waals surface area contributed by atoms with Crippen molar-refractivity contribution >= 4 is 0 Å². The second-order valence-corrected chi connectivity index (χ2v) is 3.36. The first-order valence-electron chi connectivity index (χ1n) is 4.32. The van der Waals surface area contributed by atoms with E-state index in [2.05, 4.69) is 18.2 Å². The summed E-state index contributed by atoms with van der Waals surface area (Å²) in [5, 5.41) is 0. The van der Waals surface area contributed by atoms with E-state index >= 15 is 0 Å². The van der Waals surface area contributed by atoms with Crippen molar-refractivity contribution in [3.8, 4) is 0 Å². The van der Waals surface area contributed by atoms with Gasteiger partial charge in [0.25, 0.3) is 0 Å². The van der Waals surface area contributed by atoms with Crippen molar-refractivity contribution < 1.29 is 22.4 Å². The van der Waals surface area contributed by atoms with E-state index < -0.39 is 0 Å². The van der Waals surface area contributed by atoms with Crippen LogP contribution in [0.25, 0.3) is 0 Å². The van der Waals surface area contributed by atoms with Crippen LogP contribution in [-0.2, 0) is 22.4 Å². The molecule has 2 aliphatic carbocycles. The second kappa shape index (κ2) is 4.30. The summed E-state index contributed by atoms with van der Waals surface area (Å²) in [4.78, 5) is 0. The van der Waals surface area contributed by atoms with Crippen LogP contribution in [0.3, 0.4) is 0 Å². The van der Waals surface area contributed by atoms with Crippen molar-refractivity contribution in [2.75, 3.05) is 0 Å². The minimum Gasteiger partial charge on any atom is -0.0805 e. The Kier molecular flexibility index (Phi) is 3.64. The van der Waals surface area contributed by atoms with Crippen molar-refractivity contribution in [1.29, 1.82) is 0 Å². The Bertz CT molecular complexity index is 173. The van der Waals surface area contributed by atoms with Crippen molar-refractivity contribution in [2.24, 2.45) is 5.92 Å². The van der Waals surface area contributed by atoms with Crippen LogP contribution in [0.5, 0.6) is 0 Å². The molecule has 11 heavy (non-hydrogen) atoms. The van der Waals surface area contributed by atoms with Crippen molar-refractivity contribution in [3.63, 3.8) is 0 Å². The molecule has 0 N–H and O–H groups in total. The zero-order valence-corrected chi connectivity index (χ0v) is 8.99. The Morgan fingerprint density at radius 1 is 1.18 bits per heavy atom. The number of hydrogen-bond acceptors (Lipinski definition) is 0. The largest absolute Gasteiger partial charge is 0.0805 e. The fourth-order valence-corrected chi connectivity index (χ4v) is 2.06. The van der Waals surface area contributed by atoms with Crippen LogP contribution in [0.1, 0.15) is 32.1 Å². The summed E-state index contributed by atoms with van der Waals surface area (Å²) in [5.41, 5.74) is 1.69. The molecule has 0 spiro atoms. The average Bonchev–Trinajstić information content (AvgIpc) is 2.59. The van der Waals surface area contributed by atoms with Crippen molar-refractivity contribution in [1.82, 2.24) is 0 Å². The maximum atomic E-state index is 2.32. The summed E-state index contributed by atoms with van der Waals surface area (Å²) in [6.45, 7) is 0. The molecule has 1 fully saturated rings. The van der Waals surface area contributed by atoms with Crippen LogP contribution in [0.15, 0.2) is 23.8 Å². The Morgan fingerprint density at radius 2 is 1.91 bits per heavy atom. The monoisotopic (exact) mass is 227 g/mol. The Hall–Kier alpha value is 0.220. The molecule has 0 unspecified atom stereocenters. The smallest absolute Gasteiger partial charge is 0 e. The third kappa shape index (κ3) is 2.08. The van der Waals surface area contributed by atoms with Gasteiger partial charge in [0.05, 0.1) is 0 Å².